The molecule has 1 fully saturated rings. The van der Waals surface area contributed by atoms with Gasteiger partial charge in [0, 0.05) is 11.6 Å². The summed E-state index contributed by atoms with van der Waals surface area (Å²) in [4.78, 5) is 0. The van der Waals surface area contributed by atoms with E-state index in [-0.39, 0.29) is 0 Å². The van der Waals surface area contributed by atoms with Crippen LogP contribution < -0.4 is 5.32 Å². The van der Waals surface area contributed by atoms with Crippen LogP contribution in [0.2, 0.25) is 0 Å². The van der Waals surface area contributed by atoms with Gasteiger partial charge in [-0.25, -0.2) is 0 Å². The minimum Gasteiger partial charge on any atom is -0.508 e. The lowest BCUT2D eigenvalue weighted by Crippen LogP contribution is -2.13. The Morgan fingerprint density at radius 1 is 1.12 bits per heavy atom. The van der Waals surface area contributed by atoms with Crippen molar-refractivity contribution >= 4 is 10.8 Å². The number of rotatable bonds is 1. The first-order valence-corrected chi connectivity index (χ1v) is 5.80. The number of hydrogen-bond acceptors (Lipinski definition) is 2. The van der Waals surface area contributed by atoms with Gasteiger partial charge in [-0.05, 0) is 36.2 Å². The molecule has 3 rings (SSSR count). The number of hydrogen-bond donors (Lipinski definition) is 2. The van der Waals surface area contributed by atoms with Crippen LogP contribution in [-0.2, 0) is 0 Å². The van der Waals surface area contributed by atoms with Crippen molar-refractivity contribution in [3.05, 3.63) is 42.0 Å². The second kappa shape index (κ2) is 3.80. The molecule has 0 aromatic heterocycles. The van der Waals surface area contributed by atoms with Crippen molar-refractivity contribution in [3.63, 3.8) is 0 Å². The molecule has 0 spiro atoms. The number of fused-ring (bicyclic) bond motifs is 1. The monoisotopic (exact) mass is 213 g/mol. The van der Waals surface area contributed by atoms with Crippen LogP contribution in [-0.4, -0.2) is 11.7 Å². The molecular formula is C14H15NO. The van der Waals surface area contributed by atoms with Gasteiger partial charge in [0.2, 0.25) is 0 Å². The minimum absolute atomic E-state index is 0.311. The normalized spacial score (nSPS) is 20.4. The Balaban J connectivity index is 2.23. The van der Waals surface area contributed by atoms with E-state index in [0.29, 0.717) is 11.8 Å². The Labute approximate surface area is 94.9 Å². The van der Waals surface area contributed by atoms with Crippen molar-refractivity contribution in [1.82, 2.24) is 5.32 Å². The number of nitrogens with one attached hydrogen (secondary N) is 1. The predicted molar refractivity (Wildman–Crippen MR) is 65.6 cm³/mol. The van der Waals surface area contributed by atoms with Crippen LogP contribution in [0.25, 0.3) is 10.8 Å². The summed E-state index contributed by atoms with van der Waals surface area (Å²) < 4.78 is 0. The molecule has 1 unspecified atom stereocenters. The topological polar surface area (TPSA) is 32.3 Å². The molecule has 82 valence electrons. The summed E-state index contributed by atoms with van der Waals surface area (Å²) in [5.74, 6) is 0.415. The molecule has 0 aliphatic carbocycles. The quantitative estimate of drug-likeness (QED) is 0.763. The van der Waals surface area contributed by atoms with E-state index in [0.717, 1.165) is 18.5 Å². The molecule has 2 aromatic carbocycles. The Kier molecular flexibility index (Phi) is 2.29. The third-order valence-corrected chi connectivity index (χ3v) is 3.36. The average Bonchev–Trinajstić information content (AvgIpc) is 2.82. The van der Waals surface area contributed by atoms with Crippen molar-refractivity contribution in [2.24, 2.45) is 0 Å². The molecule has 0 amide bonds. The lowest BCUT2D eigenvalue weighted by atomic mass is 9.97. The predicted octanol–water partition coefficient (Wildman–Crippen LogP) is 2.97. The molecule has 2 N–H and O–H groups in total. The van der Waals surface area contributed by atoms with Crippen LogP contribution in [0.3, 0.4) is 0 Å². The SMILES string of the molecule is Oc1ccc2ccccc2c1C1CCCN1. The highest BCUT2D eigenvalue weighted by atomic mass is 16.3. The van der Waals surface area contributed by atoms with Gasteiger partial charge in [-0.2, -0.15) is 0 Å². The standard InChI is InChI=1S/C14H15NO/c16-13-8-7-10-4-1-2-5-11(10)14(13)12-6-3-9-15-12/h1-2,4-5,7-8,12,15-16H,3,6,9H2. The number of benzene rings is 2. The minimum atomic E-state index is 0.311. The molecule has 0 radical (unpaired) electrons. The van der Waals surface area contributed by atoms with Crippen molar-refractivity contribution in [3.8, 4) is 5.75 Å². The largest absolute Gasteiger partial charge is 0.508 e. The first kappa shape index (κ1) is 9.67. The summed E-state index contributed by atoms with van der Waals surface area (Å²) in [6, 6.07) is 12.3. The number of aromatic hydroxyl groups is 1. The zero-order chi connectivity index (χ0) is 11.0. The van der Waals surface area contributed by atoms with Crippen LogP contribution in [0.5, 0.6) is 5.75 Å². The highest BCUT2D eigenvalue weighted by Gasteiger charge is 2.21. The van der Waals surface area contributed by atoms with Gasteiger partial charge in [0.05, 0.1) is 0 Å². The fourth-order valence-electron chi connectivity index (χ4n) is 2.58. The van der Waals surface area contributed by atoms with Gasteiger partial charge in [0.25, 0.3) is 0 Å². The molecule has 1 heterocycles. The van der Waals surface area contributed by atoms with Gasteiger partial charge in [0.15, 0.2) is 0 Å². The molecule has 2 heteroatoms. The summed E-state index contributed by atoms with van der Waals surface area (Å²) in [7, 11) is 0. The maximum Gasteiger partial charge on any atom is 0.120 e. The maximum absolute atomic E-state index is 10.0. The summed E-state index contributed by atoms with van der Waals surface area (Å²) in [6.45, 7) is 1.05. The molecule has 0 saturated carbocycles. The van der Waals surface area contributed by atoms with Crippen molar-refractivity contribution in [2.45, 2.75) is 18.9 Å². The fourth-order valence-corrected chi connectivity index (χ4v) is 2.58. The van der Waals surface area contributed by atoms with Gasteiger partial charge < -0.3 is 10.4 Å². The summed E-state index contributed by atoms with van der Waals surface area (Å²) in [5, 5.41) is 15.8. The number of phenolic OH excluding ortho intramolecular Hbond substituents is 1. The van der Waals surface area contributed by atoms with E-state index in [1.54, 1.807) is 6.07 Å². The molecule has 2 aromatic rings. The summed E-state index contributed by atoms with van der Waals surface area (Å²) in [5.41, 5.74) is 1.07. The van der Waals surface area contributed by atoms with E-state index in [2.05, 4.69) is 17.4 Å². The van der Waals surface area contributed by atoms with Crippen molar-refractivity contribution in [2.75, 3.05) is 6.54 Å². The maximum atomic E-state index is 10.0. The third-order valence-electron chi connectivity index (χ3n) is 3.36. The van der Waals surface area contributed by atoms with Crippen LogP contribution in [0, 0.1) is 0 Å². The van der Waals surface area contributed by atoms with Crippen LogP contribution >= 0.6 is 0 Å². The third kappa shape index (κ3) is 1.46. The second-order valence-corrected chi connectivity index (χ2v) is 4.37. The lowest BCUT2D eigenvalue weighted by molar-refractivity contribution is 0.459. The Hall–Kier alpha value is -1.54. The molecule has 16 heavy (non-hydrogen) atoms. The van der Waals surface area contributed by atoms with Gasteiger partial charge in [0.1, 0.15) is 5.75 Å². The van der Waals surface area contributed by atoms with Crippen LogP contribution in [0.4, 0.5) is 0 Å². The zero-order valence-corrected chi connectivity index (χ0v) is 9.11. The summed E-state index contributed by atoms with van der Waals surface area (Å²) >= 11 is 0. The van der Waals surface area contributed by atoms with E-state index in [1.165, 1.54) is 17.2 Å². The molecule has 1 saturated heterocycles. The molecule has 0 bridgehead atoms. The molecule has 1 atom stereocenters. The lowest BCUT2D eigenvalue weighted by Gasteiger charge is -2.15. The zero-order valence-electron chi connectivity index (χ0n) is 9.11. The average molecular weight is 213 g/mol. The fraction of sp³-hybridized carbons (Fsp3) is 0.286. The van der Waals surface area contributed by atoms with E-state index in [1.807, 2.05) is 18.2 Å². The van der Waals surface area contributed by atoms with Crippen LogP contribution in [0.15, 0.2) is 36.4 Å². The van der Waals surface area contributed by atoms with Gasteiger partial charge in [-0.1, -0.05) is 30.3 Å². The molecule has 1 aliphatic rings. The van der Waals surface area contributed by atoms with E-state index in [4.69, 9.17) is 0 Å². The first-order valence-electron chi connectivity index (χ1n) is 5.80. The van der Waals surface area contributed by atoms with Gasteiger partial charge in [-0.15, -0.1) is 0 Å². The molecular weight excluding hydrogens is 198 g/mol. The Bertz CT molecular complexity index is 515. The molecule has 1 aliphatic heterocycles. The highest BCUT2D eigenvalue weighted by molar-refractivity contribution is 5.88. The Morgan fingerprint density at radius 2 is 2.00 bits per heavy atom. The molecule has 2 nitrogen and oxygen atoms in total. The van der Waals surface area contributed by atoms with Gasteiger partial charge >= 0.3 is 0 Å². The summed E-state index contributed by atoms with van der Waals surface area (Å²) in [6.07, 6.45) is 2.30. The van der Waals surface area contributed by atoms with Crippen LogP contribution in [0.1, 0.15) is 24.4 Å². The first-order chi connectivity index (χ1) is 7.86. The van der Waals surface area contributed by atoms with E-state index >= 15 is 0 Å². The van der Waals surface area contributed by atoms with Gasteiger partial charge in [-0.3, -0.25) is 0 Å². The van der Waals surface area contributed by atoms with Crippen molar-refractivity contribution in [1.29, 1.82) is 0 Å². The van der Waals surface area contributed by atoms with E-state index in [9.17, 15) is 5.11 Å². The second-order valence-electron chi connectivity index (χ2n) is 4.37. The number of phenols is 1. The van der Waals surface area contributed by atoms with E-state index < -0.39 is 0 Å². The highest BCUT2D eigenvalue weighted by Crippen LogP contribution is 2.35. The Morgan fingerprint density at radius 3 is 2.81 bits per heavy atom. The van der Waals surface area contributed by atoms with Crippen molar-refractivity contribution < 1.29 is 5.11 Å². The smallest absolute Gasteiger partial charge is 0.120 e.